The van der Waals surface area contributed by atoms with E-state index in [1.54, 1.807) is 0 Å². The maximum atomic E-state index is 11.5. The van der Waals surface area contributed by atoms with Crippen LogP contribution in [0.1, 0.15) is 71.6 Å². The molecule has 4 saturated carbocycles. The number of carbonyl (C=O) groups is 1. The smallest absolute Gasteiger partial charge is 0.303 e. The van der Waals surface area contributed by atoms with E-state index >= 15 is 0 Å². The molecule has 0 saturated heterocycles. The number of aliphatic carboxylic acids is 1. The third-order valence-electron chi connectivity index (χ3n) is 10.3. The third kappa shape index (κ3) is 3.25. The van der Waals surface area contributed by atoms with Crippen LogP contribution in [0.2, 0.25) is 0 Å². The minimum Gasteiger partial charge on any atom is -0.481 e. The van der Waals surface area contributed by atoms with Gasteiger partial charge in [-0.1, -0.05) is 13.8 Å². The van der Waals surface area contributed by atoms with Gasteiger partial charge in [-0.05, 0) is 97.7 Å². The lowest BCUT2D eigenvalue weighted by Gasteiger charge is -2.64. The predicted octanol–water partition coefficient (Wildman–Crippen LogP) is 2.42. The van der Waals surface area contributed by atoms with Gasteiger partial charge in [-0.2, -0.15) is 0 Å². The Balaban J connectivity index is 1.63. The Bertz CT molecular complexity index is 654. The van der Waals surface area contributed by atoms with E-state index in [0.29, 0.717) is 32.1 Å². The molecule has 0 bridgehead atoms. The summed E-state index contributed by atoms with van der Waals surface area (Å²) in [7, 11) is 0. The van der Waals surface area contributed by atoms with Crippen LogP contribution >= 0.6 is 0 Å². The molecule has 4 fully saturated rings. The molecule has 6 heteroatoms. The largest absolute Gasteiger partial charge is 0.481 e. The maximum Gasteiger partial charge on any atom is 0.303 e. The first-order valence-electron chi connectivity index (χ1n) is 12.0. The Morgan fingerprint density at radius 1 is 1.07 bits per heavy atom. The van der Waals surface area contributed by atoms with Crippen molar-refractivity contribution in [2.45, 2.75) is 89.9 Å². The highest BCUT2D eigenvalue weighted by Crippen LogP contribution is 2.68. The monoisotopic (exact) mass is 424 g/mol. The summed E-state index contributed by atoms with van der Waals surface area (Å²) >= 11 is 0. The number of aliphatic hydroxyl groups is 4. The van der Waals surface area contributed by atoms with E-state index in [-0.39, 0.29) is 65.5 Å². The molecule has 30 heavy (non-hydrogen) atoms. The highest BCUT2D eigenvalue weighted by atomic mass is 16.4. The fraction of sp³-hybridized carbons (Fsp3) is 0.958. The molecule has 0 amide bonds. The van der Waals surface area contributed by atoms with Crippen molar-refractivity contribution in [3.8, 4) is 0 Å². The quantitative estimate of drug-likeness (QED) is 0.463. The summed E-state index contributed by atoms with van der Waals surface area (Å²) in [6.07, 6.45) is 4.64. The second kappa shape index (κ2) is 8.02. The minimum atomic E-state index is -0.774. The van der Waals surface area contributed by atoms with Gasteiger partial charge in [0.25, 0.3) is 0 Å². The molecule has 0 aromatic heterocycles. The lowest BCUT2D eigenvalue weighted by molar-refractivity contribution is -0.220. The van der Waals surface area contributed by atoms with Gasteiger partial charge in [0.15, 0.2) is 0 Å². The van der Waals surface area contributed by atoms with Crippen LogP contribution in [0.4, 0.5) is 0 Å². The first-order chi connectivity index (χ1) is 14.1. The Hall–Kier alpha value is -0.690. The first-order valence-corrected chi connectivity index (χ1v) is 12.0. The second-order valence-electron chi connectivity index (χ2n) is 11.3. The van der Waals surface area contributed by atoms with Gasteiger partial charge in [-0.15, -0.1) is 0 Å². The highest BCUT2D eigenvalue weighted by molar-refractivity contribution is 5.66. The van der Waals surface area contributed by atoms with Gasteiger partial charge in [0, 0.05) is 13.0 Å². The number of aliphatic hydroxyl groups excluding tert-OH is 4. The molecule has 5 N–H and O–H groups in total. The molecule has 0 radical (unpaired) electrons. The number of hydrogen-bond acceptors (Lipinski definition) is 5. The SMILES string of the molecule is C[C@H](CCC(=O)O)[C@H]1CC[C@H]2[C@@H]3C(O)CC4CC(O)CC[C@]4(CO)[C@H]3CC(O)[C@]12C. The summed E-state index contributed by atoms with van der Waals surface area (Å²) in [6.45, 7) is 4.35. The Morgan fingerprint density at radius 2 is 1.80 bits per heavy atom. The van der Waals surface area contributed by atoms with Crippen molar-refractivity contribution in [3.05, 3.63) is 0 Å². The summed E-state index contributed by atoms with van der Waals surface area (Å²) in [5, 5.41) is 52.6. The average molecular weight is 425 g/mol. The van der Waals surface area contributed by atoms with Crippen LogP contribution in [0.25, 0.3) is 0 Å². The molecule has 0 aliphatic heterocycles. The van der Waals surface area contributed by atoms with E-state index in [4.69, 9.17) is 5.11 Å². The van der Waals surface area contributed by atoms with Crippen LogP contribution in [0.5, 0.6) is 0 Å². The third-order valence-corrected chi connectivity index (χ3v) is 10.3. The van der Waals surface area contributed by atoms with Gasteiger partial charge in [0.2, 0.25) is 0 Å². The van der Waals surface area contributed by atoms with E-state index in [0.717, 1.165) is 19.3 Å². The topological polar surface area (TPSA) is 118 Å². The lowest BCUT2D eigenvalue weighted by atomic mass is 9.42. The van der Waals surface area contributed by atoms with Gasteiger partial charge >= 0.3 is 5.97 Å². The fourth-order valence-corrected chi connectivity index (χ4v) is 8.81. The summed E-state index contributed by atoms with van der Waals surface area (Å²) in [5.74, 6) is 0.122. The van der Waals surface area contributed by atoms with Crippen molar-refractivity contribution < 1.29 is 30.3 Å². The molecule has 6 nitrogen and oxygen atoms in total. The molecule has 0 heterocycles. The molecular weight excluding hydrogens is 384 g/mol. The van der Waals surface area contributed by atoms with Crippen molar-refractivity contribution in [3.63, 3.8) is 0 Å². The van der Waals surface area contributed by atoms with Crippen LogP contribution in [-0.2, 0) is 4.79 Å². The Morgan fingerprint density at radius 3 is 2.47 bits per heavy atom. The van der Waals surface area contributed by atoms with Crippen LogP contribution < -0.4 is 0 Å². The van der Waals surface area contributed by atoms with Gasteiger partial charge in [-0.3, -0.25) is 4.79 Å². The zero-order valence-electron chi connectivity index (χ0n) is 18.4. The molecular formula is C24H40O6. The molecule has 4 aliphatic rings. The molecule has 4 unspecified atom stereocenters. The second-order valence-corrected chi connectivity index (χ2v) is 11.3. The van der Waals surface area contributed by atoms with Crippen LogP contribution in [0, 0.1) is 46.3 Å². The summed E-state index contributed by atoms with van der Waals surface area (Å²) in [5.41, 5.74) is -0.629. The van der Waals surface area contributed by atoms with Crippen LogP contribution in [0.15, 0.2) is 0 Å². The van der Waals surface area contributed by atoms with Crippen molar-refractivity contribution in [2.75, 3.05) is 6.61 Å². The number of carboxylic acid groups (broad SMARTS) is 1. The van der Waals surface area contributed by atoms with Crippen molar-refractivity contribution in [1.29, 1.82) is 0 Å². The van der Waals surface area contributed by atoms with Gasteiger partial charge in [0.05, 0.1) is 18.3 Å². The zero-order valence-corrected chi connectivity index (χ0v) is 18.4. The zero-order chi connectivity index (χ0) is 21.8. The number of carboxylic acids is 1. The highest BCUT2D eigenvalue weighted by Gasteiger charge is 2.66. The van der Waals surface area contributed by atoms with Gasteiger partial charge < -0.3 is 25.5 Å². The Kier molecular flexibility index (Phi) is 6.02. The molecule has 0 spiro atoms. The number of hydrogen-bond donors (Lipinski definition) is 5. The van der Waals surface area contributed by atoms with E-state index in [9.17, 15) is 25.2 Å². The standard InChI is InChI=1S/C24H40O6/c1-13(3-6-21(29)30)16-4-5-17-22-18(11-20(28)23(16,17)2)24(12-25)8-7-15(26)9-14(24)10-19(22)27/h13-20,22,25-28H,3-12H2,1-2H3,(H,29,30)/t13-,14?,15?,16-,17+,18+,19?,20?,22+,23-,24-/m1/s1. The molecule has 0 aromatic rings. The summed E-state index contributed by atoms with van der Waals surface area (Å²) in [4.78, 5) is 11.1. The molecule has 4 rings (SSSR count). The molecule has 11 atom stereocenters. The number of rotatable bonds is 5. The van der Waals surface area contributed by atoms with Crippen LogP contribution in [-0.4, -0.2) is 56.4 Å². The van der Waals surface area contributed by atoms with Crippen molar-refractivity contribution >= 4 is 5.97 Å². The minimum absolute atomic E-state index is 0.0624. The van der Waals surface area contributed by atoms with Crippen molar-refractivity contribution in [2.24, 2.45) is 46.3 Å². The summed E-state index contributed by atoms with van der Waals surface area (Å²) in [6, 6.07) is 0. The van der Waals surface area contributed by atoms with E-state index in [1.807, 2.05) is 0 Å². The number of fused-ring (bicyclic) bond motifs is 5. The Labute approximate surface area is 179 Å². The molecule has 4 aliphatic carbocycles. The fourth-order valence-electron chi connectivity index (χ4n) is 8.81. The van der Waals surface area contributed by atoms with E-state index < -0.39 is 18.2 Å². The first kappa shape index (κ1) is 22.5. The van der Waals surface area contributed by atoms with Gasteiger partial charge in [-0.25, -0.2) is 0 Å². The van der Waals surface area contributed by atoms with Crippen molar-refractivity contribution in [1.82, 2.24) is 0 Å². The normalized spacial score (nSPS) is 51.5. The van der Waals surface area contributed by atoms with Crippen LogP contribution in [0.3, 0.4) is 0 Å². The van der Waals surface area contributed by atoms with E-state index in [1.165, 1.54) is 0 Å². The van der Waals surface area contributed by atoms with E-state index in [2.05, 4.69) is 13.8 Å². The molecule has 0 aromatic carbocycles. The predicted molar refractivity (Wildman–Crippen MR) is 111 cm³/mol. The van der Waals surface area contributed by atoms with Gasteiger partial charge in [0.1, 0.15) is 0 Å². The average Bonchev–Trinajstić information content (AvgIpc) is 3.05. The molecule has 172 valence electrons. The lowest BCUT2D eigenvalue weighted by Crippen LogP contribution is -2.64. The summed E-state index contributed by atoms with van der Waals surface area (Å²) < 4.78 is 0. The maximum absolute atomic E-state index is 11.5.